The number of halogens is 1. The Bertz CT molecular complexity index is 587. The average molecular weight is 244 g/mol. The highest BCUT2D eigenvalue weighted by Crippen LogP contribution is 2.26. The molecule has 0 spiro atoms. The van der Waals surface area contributed by atoms with E-state index in [-0.39, 0.29) is 0 Å². The Kier molecular flexibility index (Phi) is 3.36. The highest BCUT2D eigenvalue weighted by atomic mass is 35.5. The van der Waals surface area contributed by atoms with Gasteiger partial charge in [-0.3, -0.25) is 0 Å². The zero-order valence-electron chi connectivity index (χ0n) is 9.31. The van der Waals surface area contributed by atoms with Crippen molar-refractivity contribution in [1.29, 1.82) is 5.26 Å². The SMILES string of the molecule is CCc1c(Cl)ncnc1-c1cccc(C#N)c1. The van der Waals surface area contributed by atoms with E-state index >= 15 is 0 Å². The molecule has 0 amide bonds. The molecular formula is C13H10ClN3. The van der Waals surface area contributed by atoms with Gasteiger partial charge in [-0.1, -0.05) is 30.7 Å². The maximum atomic E-state index is 8.88. The molecule has 0 atom stereocenters. The lowest BCUT2D eigenvalue weighted by Crippen LogP contribution is -1.95. The summed E-state index contributed by atoms with van der Waals surface area (Å²) in [5.41, 5.74) is 3.21. The minimum atomic E-state index is 0.472. The van der Waals surface area contributed by atoms with Crippen LogP contribution < -0.4 is 0 Å². The molecular weight excluding hydrogens is 234 g/mol. The first-order valence-electron chi connectivity index (χ1n) is 5.26. The van der Waals surface area contributed by atoms with Crippen LogP contribution in [0.1, 0.15) is 18.1 Å². The molecule has 4 heteroatoms. The minimum absolute atomic E-state index is 0.472. The third kappa shape index (κ3) is 2.27. The Labute approximate surface area is 105 Å². The molecule has 0 aliphatic heterocycles. The van der Waals surface area contributed by atoms with Crippen LogP contribution in [0.2, 0.25) is 5.15 Å². The van der Waals surface area contributed by atoms with Crippen LogP contribution in [0.15, 0.2) is 30.6 Å². The smallest absolute Gasteiger partial charge is 0.136 e. The number of nitriles is 1. The molecule has 0 saturated carbocycles. The fourth-order valence-electron chi connectivity index (χ4n) is 1.69. The Hall–Kier alpha value is -1.92. The monoisotopic (exact) mass is 243 g/mol. The summed E-state index contributed by atoms with van der Waals surface area (Å²) in [6.07, 6.45) is 2.20. The van der Waals surface area contributed by atoms with E-state index in [2.05, 4.69) is 16.0 Å². The lowest BCUT2D eigenvalue weighted by Gasteiger charge is -2.07. The molecule has 1 aromatic heterocycles. The van der Waals surface area contributed by atoms with E-state index in [4.69, 9.17) is 16.9 Å². The van der Waals surface area contributed by atoms with Crippen molar-refractivity contribution in [2.24, 2.45) is 0 Å². The van der Waals surface area contributed by atoms with Gasteiger partial charge in [-0.15, -0.1) is 0 Å². The molecule has 84 valence electrons. The molecule has 0 radical (unpaired) electrons. The first-order chi connectivity index (χ1) is 8.26. The number of aromatic nitrogens is 2. The predicted molar refractivity (Wildman–Crippen MR) is 66.6 cm³/mol. The zero-order valence-corrected chi connectivity index (χ0v) is 10.1. The van der Waals surface area contributed by atoms with Crippen molar-refractivity contribution in [1.82, 2.24) is 9.97 Å². The van der Waals surface area contributed by atoms with E-state index in [1.165, 1.54) is 6.33 Å². The second-order valence-corrected chi connectivity index (χ2v) is 3.90. The maximum absolute atomic E-state index is 8.88. The molecule has 2 aromatic rings. The lowest BCUT2D eigenvalue weighted by atomic mass is 10.0. The van der Waals surface area contributed by atoms with E-state index in [0.29, 0.717) is 10.7 Å². The van der Waals surface area contributed by atoms with E-state index in [1.807, 2.05) is 19.1 Å². The first-order valence-corrected chi connectivity index (χ1v) is 5.64. The van der Waals surface area contributed by atoms with Crippen molar-refractivity contribution < 1.29 is 0 Å². The van der Waals surface area contributed by atoms with Crippen molar-refractivity contribution in [3.8, 4) is 17.3 Å². The van der Waals surface area contributed by atoms with Crippen LogP contribution in [0.3, 0.4) is 0 Å². The molecule has 0 fully saturated rings. The van der Waals surface area contributed by atoms with E-state index in [1.54, 1.807) is 12.1 Å². The van der Waals surface area contributed by atoms with Crippen LogP contribution >= 0.6 is 11.6 Å². The Morgan fingerprint density at radius 3 is 2.88 bits per heavy atom. The summed E-state index contributed by atoms with van der Waals surface area (Å²) >= 11 is 6.04. The van der Waals surface area contributed by atoms with Gasteiger partial charge in [-0.25, -0.2) is 9.97 Å². The van der Waals surface area contributed by atoms with Crippen LogP contribution in [-0.2, 0) is 6.42 Å². The van der Waals surface area contributed by atoms with Gasteiger partial charge in [0, 0.05) is 11.1 Å². The van der Waals surface area contributed by atoms with Crippen molar-refractivity contribution in [2.45, 2.75) is 13.3 Å². The second kappa shape index (κ2) is 4.94. The van der Waals surface area contributed by atoms with Gasteiger partial charge in [0.1, 0.15) is 11.5 Å². The fraction of sp³-hybridized carbons (Fsp3) is 0.154. The minimum Gasteiger partial charge on any atom is -0.236 e. The Morgan fingerprint density at radius 2 is 2.18 bits per heavy atom. The molecule has 1 heterocycles. The normalized spacial score (nSPS) is 9.94. The standard InChI is InChI=1S/C13H10ClN3/c1-2-11-12(16-8-17-13(11)14)10-5-3-4-9(6-10)7-15/h3-6,8H,2H2,1H3. The summed E-state index contributed by atoms with van der Waals surface area (Å²) < 4.78 is 0. The molecule has 0 saturated heterocycles. The Morgan fingerprint density at radius 1 is 1.35 bits per heavy atom. The molecule has 0 N–H and O–H groups in total. The fourth-order valence-corrected chi connectivity index (χ4v) is 1.96. The van der Waals surface area contributed by atoms with Crippen molar-refractivity contribution in [2.75, 3.05) is 0 Å². The van der Waals surface area contributed by atoms with Gasteiger partial charge in [0.2, 0.25) is 0 Å². The molecule has 0 bridgehead atoms. The van der Waals surface area contributed by atoms with Gasteiger partial charge in [0.25, 0.3) is 0 Å². The van der Waals surface area contributed by atoms with E-state index in [9.17, 15) is 0 Å². The molecule has 17 heavy (non-hydrogen) atoms. The van der Waals surface area contributed by atoms with Gasteiger partial charge in [0.15, 0.2) is 0 Å². The summed E-state index contributed by atoms with van der Waals surface area (Å²) in [6, 6.07) is 9.43. The van der Waals surface area contributed by atoms with Gasteiger partial charge in [-0.2, -0.15) is 5.26 Å². The summed E-state index contributed by atoms with van der Waals surface area (Å²) in [7, 11) is 0. The second-order valence-electron chi connectivity index (χ2n) is 3.54. The van der Waals surface area contributed by atoms with Gasteiger partial charge >= 0.3 is 0 Å². The molecule has 1 aromatic carbocycles. The first kappa shape index (κ1) is 11.6. The number of nitrogens with zero attached hydrogens (tertiary/aromatic N) is 3. The van der Waals surface area contributed by atoms with Crippen LogP contribution in [-0.4, -0.2) is 9.97 Å². The topological polar surface area (TPSA) is 49.6 Å². The zero-order chi connectivity index (χ0) is 12.3. The van der Waals surface area contributed by atoms with Crippen molar-refractivity contribution in [3.63, 3.8) is 0 Å². The van der Waals surface area contributed by atoms with Crippen LogP contribution in [0.25, 0.3) is 11.3 Å². The number of hydrogen-bond donors (Lipinski definition) is 0. The Balaban J connectivity index is 2.60. The number of rotatable bonds is 2. The van der Waals surface area contributed by atoms with Crippen LogP contribution in [0, 0.1) is 11.3 Å². The van der Waals surface area contributed by atoms with Crippen LogP contribution in [0.4, 0.5) is 0 Å². The third-order valence-electron chi connectivity index (χ3n) is 2.51. The van der Waals surface area contributed by atoms with E-state index < -0.39 is 0 Å². The quantitative estimate of drug-likeness (QED) is 0.761. The molecule has 0 aliphatic rings. The molecule has 3 nitrogen and oxygen atoms in total. The van der Waals surface area contributed by atoms with Gasteiger partial charge in [-0.05, 0) is 18.6 Å². The summed E-state index contributed by atoms with van der Waals surface area (Å²) in [5, 5.41) is 9.35. The summed E-state index contributed by atoms with van der Waals surface area (Å²) in [5.74, 6) is 0. The largest absolute Gasteiger partial charge is 0.236 e. The highest BCUT2D eigenvalue weighted by molar-refractivity contribution is 6.30. The van der Waals surface area contributed by atoms with Crippen molar-refractivity contribution in [3.05, 3.63) is 46.9 Å². The van der Waals surface area contributed by atoms with Gasteiger partial charge in [0.05, 0.1) is 17.3 Å². The summed E-state index contributed by atoms with van der Waals surface area (Å²) in [4.78, 5) is 8.22. The molecule has 2 rings (SSSR count). The number of benzene rings is 1. The highest BCUT2D eigenvalue weighted by Gasteiger charge is 2.10. The molecule has 0 aliphatic carbocycles. The van der Waals surface area contributed by atoms with Gasteiger partial charge < -0.3 is 0 Å². The lowest BCUT2D eigenvalue weighted by molar-refractivity contribution is 1.05. The number of hydrogen-bond acceptors (Lipinski definition) is 3. The van der Waals surface area contributed by atoms with Crippen molar-refractivity contribution >= 4 is 11.6 Å². The maximum Gasteiger partial charge on any atom is 0.136 e. The average Bonchev–Trinajstić information content (AvgIpc) is 2.38. The van der Waals surface area contributed by atoms with Crippen LogP contribution in [0.5, 0.6) is 0 Å². The summed E-state index contributed by atoms with van der Waals surface area (Å²) in [6.45, 7) is 2.00. The van der Waals surface area contributed by atoms with E-state index in [0.717, 1.165) is 23.2 Å². The predicted octanol–water partition coefficient (Wildman–Crippen LogP) is 3.23. The molecule has 0 unspecified atom stereocenters. The third-order valence-corrected chi connectivity index (χ3v) is 2.84.